The molecule has 0 heterocycles. The fourth-order valence-corrected chi connectivity index (χ4v) is 9.34. The quantitative estimate of drug-likeness (QED) is 0.0261. The van der Waals surface area contributed by atoms with Crippen molar-refractivity contribution in [2.45, 2.75) is 322 Å². The second-order valence-electron chi connectivity index (χ2n) is 22.3. The summed E-state index contributed by atoms with van der Waals surface area (Å²) in [5.74, 6) is -0.905. The van der Waals surface area contributed by atoms with Crippen LogP contribution in [0, 0.1) is 0 Å². The Morgan fingerprint density at radius 2 is 0.506 bits per heavy atom. The van der Waals surface area contributed by atoms with Crippen LogP contribution in [-0.4, -0.2) is 37.2 Å². The summed E-state index contributed by atoms with van der Waals surface area (Å²) in [6.45, 7) is 6.45. The zero-order chi connectivity index (χ0) is 58.5. The predicted molar refractivity (Wildman–Crippen MR) is 353 cm³/mol. The number of carbonyl (C=O) groups is 3. The Balaban J connectivity index is 4.34. The van der Waals surface area contributed by atoms with E-state index in [0.29, 0.717) is 19.3 Å². The summed E-state index contributed by atoms with van der Waals surface area (Å²) in [6.07, 6.45) is 94.9. The van der Waals surface area contributed by atoms with Crippen LogP contribution >= 0.6 is 0 Å². The van der Waals surface area contributed by atoms with Crippen LogP contribution in [0.15, 0.2) is 122 Å². The van der Waals surface area contributed by atoms with Crippen LogP contribution in [-0.2, 0) is 28.6 Å². The van der Waals surface area contributed by atoms with Crippen molar-refractivity contribution in [2.75, 3.05) is 13.2 Å². The molecule has 6 nitrogen and oxygen atoms in total. The molecule has 0 spiro atoms. The van der Waals surface area contributed by atoms with Crippen LogP contribution in [0.25, 0.3) is 0 Å². The molecule has 0 saturated heterocycles. The molecule has 0 radical (unpaired) electrons. The lowest BCUT2D eigenvalue weighted by Gasteiger charge is -2.18. The molecule has 1 atom stereocenters. The van der Waals surface area contributed by atoms with Crippen LogP contribution in [0.2, 0.25) is 0 Å². The highest BCUT2D eigenvalue weighted by Crippen LogP contribution is 2.16. The van der Waals surface area contributed by atoms with E-state index in [4.69, 9.17) is 14.2 Å². The lowest BCUT2D eigenvalue weighted by molar-refractivity contribution is -0.167. The normalized spacial score (nSPS) is 12.9. The molecule has 0 aromatic heterocycles. The molecule has 0 aromatic rings. The van der Waals surface area contributed by atoms with Gasteiger partial charge in [-0.3, -0.25) is 14.4 Å². The molecule has 0 amide bonds. The van der Waals surface area contributed by atoms with Crippen molar-refractivity contribution in [3.05, 3.63) is 122 Å². The Morgan fingerprint density at radius 3 is 0.802 bits per heavy atom. The monoisotopic (exact) mass is 1120 g/mol. The van der Waals surface area contributed by atoms with Gasteiger partial charge in [-0.25, -0.2) is 0 Å². The smallest absolute Gasteiger partial charge is 0.306 e. The third kappa shape index (κ3) is 66.5. The van der Waals surface area contributed by atoms with Crippen LogP contribution in [0.4, 0.5) is 0 Å². The first-order chi connectivity index (χ1) is 40.0. The van der Waals surface area contributed by atoms with Crippen molar-refractivity contribution in [2.24, 2.45) is 0 Å². The molecule has 0 bridgehead atoms. The van der Waals surface area contributed by atoms with E-state index in [0.717, 1.165) is 141 Å². The second-order valence-corrected chi connectivity index (χ2v) is 22.3. The molecule has 6 heteroatoms. The molecule has 1 unspecified atom stereocenters. The number of esters is 3. The SMILES string of the molecule is CC/C=C\C/C=C\C/C=C\C/C=C\C/C=C\CCCCCCCCCCCC(=O)OCC(COC(=O)CCCCCCC/C=C\C/C=C\CCC)OC(=O)CCCCCCCCCCCC/C=C\C/C=C\C/C=C\CCCCCCC. The van der Waals surface area contributed by atoms with Gasteiger partial charge in [0.2, 0.25) is 0 Å². The maximum absolute atomic E-state index is 12.9. The van der Waals surface area contributed by atoms with E-state index in [1.165, 1.54) is 135 Å². The first-order valence-electron chi connectivity index (χ1n) is 34.0. The summed E-state index contributed by atoms with van der Waals surface area (Å²) < 4.78 is 16.9. The average molecular weight is 1120 g/mol. The summed E-state index contributed by atoms with van der Waals surface area (Å²) in [7, 11) is 0. The Kier molecular flexibility index (Phi) is 64.8. The number of ether oxygens (including phenoxy) is 3. The Bertz CT molecular complexity index is 1670. The van der Waals surface area contributed by atoms with E-state index < -0.39 is 6.10 Å². The Labute approximate surface area is 501 Å². The molecular weight excluding hydrogens is 997 g/mol. The highest BCUT2D eigenvalue weighted by Gasteiger charge is 2.19. The van der Waals surface area contributed by atoms with Crippen molar-refractivity contribution in [1.29, 1.82) is 0 Å². The first-order valence-corrected chi connectivity index (χ1v) is 34.0. The minimum absolute atomic E-state index is 0.0889. The maximum Gasteiger partial charge on any atom is 0.306 e. The molecule has 0 aliphatic rings. The van der Waals surface area contributed by atoms with E-state index in [2.05, 4.69) is 142 Å². The Hall–Kier alpha value is -4.19. The molecule has 0 aliphatic heterocycles. The molecule has 0 N–H and O–H groups in total. The van der Waals surface area contributed by atoms with Crippen LogP contribution in [0.5, 0.6) is 0 Å². The van der Waals surface area contributed by atoms with Crippen molar-refractivity contribution >= 4 is 17.9 Å². The zero-order valence-electron chi connectivity index (χ0n) is 53.0. The largest absolute Gasteiger partial charge is 0.462 e. The number of carbonyl (C=O) groups excluding carboxylic acids is 3. The van der Waals surface area contributed by atoms with E-state index in [1.807, 2.05) is 0 Å². The summed E-state index contributed by atoms with van der Waals surface area (Å²) in [6, 6.07) is 0. The molecule has 0 aliphatic carbocycles. The van der Waals surface area contributed by atoms with Crippen molar-refractivity contribution in [1.82, 2.24) is 0 Å². The van der Waals surface area contributed by atoms with Gasteiger partial charge in [0.15, 0.2) is 6.10 Å². The summed E-state index contributed by atoms with van der Waals surface area (Å²) >= 11 is 0. The highest BCUT2D eigenvalue weighted by atomic mass is 16.6. The van der Waals surface area contributed by atoms with Crippen LogP contribution in [0.1, 0.15) is 316 Å². The molecule has 0 aromatic carbocycles. The van der Waals surface area contributed by atoms with Gasteiger partial charge in [-0.1, -0.05) is 290 Å². The van der Waals surface area contributed by atoms with Gasteiger partial charge >= 0.3 is 17.9 Å². The van der Waals surface area contributed by atoms with Gasteiger partial charge in [0.1, 0.15) is 13.2 Å². The fraction of sp³-hybridized carbons (Fsp3) is 0.693. The van der Waals surface area contributed by atoms with E-state index in [9.17, 15) is 14.4 Å². The molecule has 0 rings (SSSR count). The fourth-order valence-electron chi connectivity index (χ4n) is 9.34. The summed E-state index contributed by atoms with van der Waals surface area (Å²) in [4.78, 5) is 38.4. The van der Waals surface area contributed by atoms with Gasteiger partial charge in [-0.15, -0.1) is 0 Å². The number of allylic oxidation sites excluding steroid dienone is 20. The topological polar surface area (TPSA) is 78.9 Å². The summed E-state index contributed by atoms with van der Waals surface area (Å²) in [5, 5.41) is 0. The number of hydrogen-bond acceptors (Lipinski definition) is 6. The van der Waals surface area contributed by atoms with Crippen molar-refractivity contribution in [3.63, 3.8) is 0 Å². The average Bonchev–Trinajstić information content (AvgIpc) is 3.46. The zero-order valence-corrected chi connectivity index (χ0v) is 53.0. The minimum Gasteiger partial charge on any atom is -0.462 e. The lowest BCUT2D eigenvalue weighted by atomic mass is 10.0. The van der Waals surface area contributed by atoms with Gasteiger partial charge in [-0.2, -0.15) is 0 Å². The van der Waals surface area contributed by atoms with E-state index >= 15 is 0 Å². The second kappa shape index (κ2) is 68.3. The number of unbranched alkanes of at least 4 members (excludes halogenated alkanes) is 30. The van der Waals surface area contributed by atoms with Crippen molar-refractivity contribution in [3.8, 4) is 0 Å². The number of hydrogen-bond donors (Lipinski definition) is 0. The van der Waals surface area contributed by atoms with Crippen molar-refractivity contribution < 1.29 is 28.6 Å². The Morgan fingerprint density at radius 1 is 0.259 bits per heavy atom. The van der Waals surface area contributed by atoms with E-state index in [1.54, 1.807) is 0 Å². The molecule has 0 fully saturated rings. The van der Waals surface area contributed by atoms with Gasteiger partial charge in [0, 0.05) is 19.3 Å². The van der Waals surface area contributed by atoms with E-state index in [-0.39, 0.29) is 31.1 Å². The molecular formula is C75H126O6. The van der Waals surface area contributed by atoms with Crippen LogP contribution < -0.4 is 0 Å². The lowest BCUT2D eigenvalue weighted by Crippen LogP contribution is -2.30. The third-order valence-electron chi connectivity index (χ3n) is 14.4. The minimum atomic E-state index is -0.794. The maximum atomic E-state index is 12.9. The molecule has 0 saturated carbocycles. The highest BCUT2D eigenvalue weighted by molar-refractivity contribution is 5.71. The summed E-state index contributed by atoms with van der Waals surface area (Å²) in [5.41, 5.74) is 0. The van der Waals surface area contributed by atoms with Gasteiger partial charge in [0.25, 0.3) is 0 Å². The predicted octanol–water partition coefficient (Wildman–Crippen LogP) is 23.6. The van der Waals surface area contributed by atoms with Crippen LogP contribution in [0.3, 0.4) is 0 Å². The first kappa shape index (κ1) is 76.8. The molecule has 462 valence electrons. The van der Waals surface area contributed by atoms with Gasteiger partial charge in [-0.05, 0) is 128 Å². The van der Waals surface area contributed by atoms with Gasteiger partial charge in [0.05, 0.1) is 0 Å². The van der Waals surface area contributed by atoms with Gasteiger partial charge < -0.3 is 14.2 Å². The molecule has 81 heavy (non-hydrogen) atoms. The third-order valence-corrected chi connectivity index (χ3v) is 14.4. The number of rotatable bonds is 61. The standard InChI is InChI=1S/C75H126O6/c1-4-7-10-13-16-19-22-25-27-29-31-33-35-37-39-41-43-45-47-50-53-56-59-62-65-68-74(77)80-71-72(70-79-73(76)67-64-61-58-55-52-49-24-21-18-15-12-9-6-3)81-75(78)69-66-63-60-57-54-51-48-46-44-42-40-38-36-34-32-30-28-26-23-20-17-14-11-8-5-2/h7,10,12,15-16,19,21,23-27,30-33,36-39,72H,4-6,8-9,11,13-14,17-18,20,22,28-29,34-35,40-71H2,1-3H3/b10-7-,15-12-,19-16-,24-21-,26-23-,27-25-,32-30-,33-31-,38-36-,39-37-.